The van der Waals surface area contributed by atoms with E-state index in [4.69, 9.17) is 5.73 Å². The third-order valence-electron chi connectivity index (χ3n) is 2.95. The average molecular weight is 298 g/mol. The maximum Gasteiger partial charge on any atom is 0.248 e. The highest BCUT2D eigenvalue weighted by Crippen LogP contribution is 2.08. The maximum atomic E-state index is 11.9. The van der Waals surface area contributed by atoms with Gasteiger partial charge in [-0.3, -0.25) is 14.4 Å². The van der Waals surface area contributed by atoms with Crippen molar-refractivity contribution in [3.8, 4) is 5.69 Å². The molecule has 0 atom stereocenters. The summed E-state index contributed by atoms with van der Waals surface area (Å²) in [5.41, 5.74) is 5.54. The number of amides is 1. The van der Waals surface area contributed by atoms with Crippen molar-refractivity contribution < 1.29 is 9.59 Å². The van der Waals surface area contributed by atoms with Gasteiger partial charge in [0.15, 0.2) is 11.5 Å². The predicted octanol–water partition coefficient (Wildman–Crippen LogP) is 0.605. The molecule has 0 saturated carbocycles. The van der Waals surface area contributed by atoms with E-state index < -0.39 is 17.1 Å². The van der Waals surface area contributed by atoms with Crippen molar-refractivity contribution in [1.29, 1.82) is 0 Å². The molecule has 22 heavy (non-hydrogen) atoms. The van der Waals surface area contributed by atoms with Crippen LogP contribution in [0.25, 0.3) is 5.69 Å². The normalized spacial score (nSPS) is 10.8. The van der Waals surface area contributed by atoms with Crippen molar-refractivity contribution >= 4 is 17.9 Å². The van der Waals surface area contributed by atoms with E-state index in [1.807, 2.05) is 0 Å². The summed E-state index contributed by atoms with van der Waals surface area (Å²) in [7, 11) is 1.55. The second-order valence-electron chi connectivity index (χ2n) is 4.45. The predicted molar refractivity (Wildman–Crippen MR) is 81.7 cm³/mol. The summed E-state index contributed by atoms with van der Waals surface area (Å²) in [6, 6.07) is 7.61. The van der Waals surface area contributed by atoms with E-state index in [1.54, 1.807) is 31.3 Å². The highest BCUT2D eigenvalue weighted by molar-refractivity contribution is 6.02. The Bertz CT molecular complexity index is 791. The minimum Gasteiger partial charge on any atom is -0.366 e. The summed E-state index contributed by atoms with van der Waals surface area (Å²) >= 11 is 0. The Kier molecular flexibility index (Phi) is 4.57. The van der Waals surface area contributed by atoms with Crippen molar-refractivity contribution in [2.75, 3.05) is 7.05 Å². The number of aromatic nitrogens is 2. The quantitative estimate of drug-likeness (QED) is 0.644. The molecule has 7 heteroatoms. The maximum absolute atomic E-state index is 11.9. The molecule has 0 spiro atoms. The van der Waals surface area contributed by atoms with E-state index in [2.05, 4.69) is 10.1 Å². The van der Waals surface area contributed by atoms with Crippen LogP contribution in [-0.4, -0.2) is 34.7 Å². The van der Waals surface area contributed by atoms with Gasteiger partial charge in [-0.2, -0.15) is 5.10 Å². The summed E-state index contributed by atoms with van der Waals surface area (Å²) in [5, 5.41) is 4.05. The number of nitrogens with zero attached hydrogens (tertiary/aromatic N) is 3. The Labute approximate surface area is 126 Å². The zero-order chi connectivity index (χ0) is 16.1. The zero-order valence-corrected chi connectivity index (χ0v) is 11.9. The molecule has 0 fully saturated rings. The van der Waals surface area contributed by atoms with E-state index >= 15 is 0 Å². The first-order valence-electron chi connectivity index (χ1n) is 6.47. The number of hydrogen-bond donors (Lipinski definition) is 1. The molecule has 0 saturated heterocycles. The monoisotopic (exact) mass is 298 g/mol. The number of nitrogens with two attached hydrogens (primary N) is 1. The van der Waals surface area contributed by atoms with Crippen molar-refractivity contribution in [1.82, 2.24) is 9.78 Å². The molecule has 2 rings (SSSR count). The number of primary amides is 1. The van der Waals surface area contributed by atoms with Gasteiger partial charge in [0.05, 0.1) is 5.69 Å². The van der Waals surface area contributed by atoms with Gasteiger partial charge in [-0.15, -0.1) is 0 Å². The van der Waals surface area contributed by atoms with E-state index in [0.29, 0.717) is 11.3 Å². The van der Waals surface area contributed by atoms with Crippen LogP contribution in [0.2, 0.25) is 0 Å². The minimum absolute atomic E-state index is 0.0172. The van der Waals surface area contributed by atoms with Crippen molar-refractivity contribution in [3.05, 3.63) is 58.0 Å². The lowest BCUT2D eigenvalue weighted by atomic mass is 10.2. The van der Waals surface area contributed by atoms with Crippen LogP contribution < -0.4 is 11.2 Å². The molecule has 1 heterocycles. The average Bonchev–Trinajstić information content (AvgIpc) is 2.53. The second-order valence-corrected chi connectivity index (χ2v) is 4.45. The topological polar surface area (TPSA) is 107 Å². The lowest BCUT2D eigenvalue weighted by molar-refractivity contribution is 0.0988. The van der Waals surface area contributed by atoms with E-state index in [9.17, 15) is 14.4 Å². The fraction of sp³-hybridized carbons (Fsp3) is 0.133. The Hall–Kier alpha value is -3.09. The summed E-state index contributed by atoms with van der Waals surface area (Å²) < 4.78 is 1.39. The third kappa shape index (κ3) is 3.32. The highest BCUT2D eigenvalue weighted by Gasteiger charge is 2.12. The fourth-order valence-electron chi connectivity index (χ4n) is 1.79. The van der Waals surface area contributed by atoms with Gasteiger partial charge in [0, 0.05) is 37.5 Å². The molecule has 0 radical (unpaired) electrons. The molecule has 1 amide bonds. The first kappa shape index (κ1) is 15.3. The Morgan fingerprint density at radius 2 is 1.95 bits per heavy atom. The van der Waals surface area contributed by atoms with Gasteiger partial charge < -0.3 is 10.7 Å². The molecule has 0 aliphatic carbocycles. The number of carbonyl (C=O) groups excluding carboxylic acids is 2. The van der Waals surface area contributed by atoms with Gasteiger partial charge in [-0.1, -0.05) is 0 Å². The minimum atomic E-state index is -0.533. The van der Waals surface area contributed by atoms with Crippen LogP contribution in [0.1, 0.15) is 27.3 Å². The number of ketones is 1. The molecule has 2 N–H and O–H groups in total. The number of aliphatic imine (C=N–C) groups is 1. The number of benzene rings is 1. The Balaban J connectivity index is 2.38. The molecular formula is C15H14N4O3. The number of Topliss-reactive ketones (excluding diaryl/α,β-unsaturated/α-hetero) is 1. The molecule has 1 aromatic heterocycles. The van der Waals surface area contributed by atoms with Crippen LogP contribution in [0.3, 0.4) is 0 Å². The molecule has 7 nitrogen and oxygen atoms in total. The standard InChI is InChI=1S/C15H14N4O3/c1-17-8-6-12(20)14-13(21)7-9-19(18-14)11-4-2-10(3-5-11)15(16)22/h2-5,7-9H,6H2,1H3,(H2,16,22). The molecule has 0 aliphatic heterocycles. The van der Waals surface area contributed by atoms with Gasteiger partial charge in [-0.25, -0.2) is 4.68 Å². The summed E-state index contributed by atoms with van der Waals surface area (Å²) in [5.74, 6) is -0.937. The van der Waals surface area contributed by atoms with E-state index in [1.165, 1.54) is 23.2 Å². The Morgan fingerprint density at radius 1 is 1.27 bits per heavy atom. The van der Waals surface area contributed by atoms with Gasteiger partial charge in [0.25, 0.3) is 0 Å². The molecule has 0 bridgehead atoms. The van der Waals surface area contributed by atoms with Crippen molar-refractivity contribution in [3.63, 3.8) is 0 Å². The largest absolute Gasteiger partial charge is 0.366 e. The first-order valence-corrected chi connectivity index (χ1v) is 6.47. The SMILES string of the molecule is CN=CCC(=O)c1nn(-c2ccc(C(N)=O)cc2)ccc1=O. The van der Waals surface area contributed by atoms with Crippen LogP contribution in [0.15, 0.2) is 46.3 Å². The number of carbonyl (C=O) groups is 2. The third-order valence-corrected chi connectivity index (χ3v) is 2.95. The molecular weight excluding hydrogens is 284 g/mol. The molecule has 1 aromatic carbocycles. The van der Waals surface area contributed by atoms with Crippen LogP contribution in [0.5, 0.6) is 0 Å². The van der Waals surface area contributed by atoms with Gasteiger partial charge in [-0.05, 0) is 24.3 Å². The molecule has 0 unspecified atom stereocenters. The summed E-state index contributed by atoms with van der Waals surface area (Å²) in [6.45, 7) is 0. The lowest BCUT2D eigenvalue weighted by Crippen LogP contribution is -2.21. The lowest BCUT2D eigenvalue weighted by Gasteiger charge is -2.07. The van der Waals surface area contributed by atoms with Gasteiger partial charge >= 0.3 is 0 Å². The van der Waals surface area contributed by atoms with Crippen LogP contribution in [-0.2, 0) is 0 Å². The smallest absolute Gasteiger partial charge is 0.248 e. The molecule has 0 aliphatic rings. The highest BCUT2D eigenvalue weighted by atomic mass is 16.1. The Morgan fingerprint density at radius 3 is 2.55 bits per heavy atom. The fourth-order valence-corrected chi connectivity index (χ4v) is 1.79. The van der Waals surface area contributed by atoms with Gasteiger partial charge in [0.2, 0.25) is 11.3 Å². The summed E-state index contributed by atoms with van der Waals surface area (Å²) in [4.78, 5) is 38.4. The molecule has 2 aromatic rings. The first-order chi connectivity index (χ1) is 10.5. The van der Waals surface area contributed by atoms with Crippen LogP contribution in [0, 0.1) is 0 Å². The zero-order valence-electron chi connectivity index (χ0n) is 11.9. The van der Waals surface area contributed by atoms with Crippen molar-refractivity contribution in [2.24, 2.45) is 10.7 Å². The van der Waals surface area contributed by atoms with Crippen LogP contribution >= 0.6 is 0 Å². The van der Waals surface area contributed by atoms with Gasteiger partial charge in [0.1, 0.15) is 0 Å². The second kappa shape index (κ2) is 6.57. The number of rotatable bonds is 5. The van der Waals surface area contributed by atoms with Crippen molar-refractivity contribution in [2.45, 2.75) is 6.42 Å². The van der Waals surface area contributed by atoms with Crippen LogP contribution in [0.4, 0.5) is 0 Å². The number of hydrogen-bond acceptors (Lipinski definition) is 5. The molecule has 112 valence electrons. The van der Waals surface area contributed by atoms with E-state index in [0.717, 1.165) is 0 Å². The van der Waals surface area contributed by atoms with E-state index in [-0.39, 0.29) is 12.1 Å². The summed E-state index contributed by atoms with van der Waals surface area (Å²) in [6.07, 6.45) is 2.89.